The third-order valence-electron chi connectivity index (χ3n) is 3.09. The molecule has 2 aromatic heterocycles. The van der Waals surface area contributed by atoms with Crippen molar-refractivity contribution >= 4 is 17.4 Å². The molecule has 21 heavy (non-hydrogen) atoms. The molecule has 0 saturated heterocycles. The quantitative estimate of drug-likeness (QED) is 0.862. The molecular weight excluding hydrogens is 284 g/mol. The summed E-state index contributed by atoms with van der Waals surface area (Å²) in [6, 6.07) is 5.85. The van der Waals surface area contributed by atoms with Crippen LogP contribution in [0, 0.1) is 0 Å². The number of aromatic nitrogens is 2. The summed E-state index contributed by atoms with van der Waals surface area (Å²) in [6.07, 6.45) is 3.40. The minimum absolute atomic E-state index is 0.121. The van der Waals surface area contributed by atoms with Crippen LogP contribution >= 0.6 is 11.3 Å². The fourth-order valence-electron chi connectivity index (χ4n) is 1.71. The van der Waals surface area contributed by atoms with Gasteiger partial charge in [0.05, 0.1) is 11.4 Å². The van der Waals surface area contributed by atoms with Crippen molar-refractivity contribution < 1.29 is 4.79 Å². The number of carbonyl (C=O) groups excluding carboxylic acids is 1. The molecular formula is C15H20N4OS. The first kappa shape index (κ1) is 15.4. The molecule has 2 heterocycles. The molecule has 0 spiro atoms. The zero-order chi connectivity index (χ0) is 15.1. The van der Waals surface area contributed by atoms with Gasteiger partial charge in [-0.15, -0.1) is 11.3 Å². The Hall–Kier alpha value is -1.95. The summed E-state index contributed by atoms with van der Waals surface area (Å²) < 4.78 is 0. The lowest BCUT2D eigenvalue weighted by Crippen LogP contribution is -2.41. The molecule has 6 heteroatoms. The minimum atomic E-state index is -0.121. The van der Waals surface area contributed by atoms with Crippen molar-refractivity contribution in [2.24, 2.45) is 0 Å². The van der Waals surface area contributed by atoms with Crippen LogP contribution in [-0.2, 0) is 6.42 Å². The van der Waals surface area contributed by atoms with Crippen molar-refractivity contribution in [1.29, 1.82) is 0 Å². The summed E-state index contributed by atoms with van der Waals surface area (Å²) in [6.45, 7) is 4.60. The molecule has 0 saturated carbocycles. The zero-order valence-electron chi connectivity index (χ0n) is 12.3. The maximum atomic E-state index is 11.6. The van der Waals surface area contributed by atoms with E-state index in [0.29, 0.717) is 6.54 Å². The molecule has 2 aromatic rings. The lowest BCUT2D eigenvalue weighted by molar-refractivity contribution is 0.237. The lowest BCUT2D eigenvalue weighted by Gasteiger charge is -2.11. The Kier molecular flexibility index (Phi) is 5.68. The number of hydrogen-bond acceptors (Lipinski definition) is 4. The van der Waals surface area contributed by atoms with Gasteiger partial charge in [0.25, 0.3) is 0 Å². The van der Waals surface area contributed by atoms with Crippen LogP contribution in [0.2, 0.25) is 0 Å². The molecule has 2 rings (SSSR count). The molecule has 2 amide bonds. The second-order valence-electron chi connectivity index (χ2n) is 4.82. The van der Waals surface area contributed by atoms with Crippen LogP contribution in [0.5, 0.6) is 0 Å². The number of nitrogens with zero attached hydrogens (tertiary/aromatic N) is 2. The van der Waals surface area contributed by atoms with Crippen molar-refractivity contribution in [3.05, 3.63) is 35.5 Å². The van der Waals surface area contributed by atoms with Gasteiger partial charge in [0, 0.05) is 30.6 Å². The Bertz CT molecular complexity index is 570. The Morgan fingerprint density at radius 2 is 2.29 bits per heavy atom. The molecule has 0 aliphatic carbocycles. The van der Waals surface area contributed by atoms with Crippen LogP contribution in [0.4, 0.5) is 4.79 Å². The van der Waals surface area contributed by atoms with E-state index in [1.165, 1.54) is 0 Å². The van der Waals surface area contributed by atoms with Gasteiger partial charge >= 0.3 is 6.03 Å². The molecule has 5 nitrogen and oxygen atoms in total. The maximum Gasteiger partial charge on any atom is 0.315 e. The highest BCUT2D eigenvalue weighted by molar-refractivity contribution is 7.13. The van der Waals surface area contributed by atoms with Crippen molar-refractivity contribution in [3.8, 4) is 10.7 Å². The summed E-state index contributed by atoms with van der Waals surface area (Å²) in [4.78, 5) is 20.4. The fourth-order valence-corrected chi connectivity index (χ4v) is 2.54. The first-order valence-electron chi connectivity index (χ1n) is 7.09. The average molecular weight is 304 g/mol. The highest BCUT2D eigenvalue weighted by Crippen LogP contribution is 2.21. The Balaban J connectivity index is 1.80. The van der Waals surface area contributed by atoms with Gasteiger partial charge in [-0.2, -0.15) is 0 Å². The summed E-state index contributed by atoms with van der Waals surface area (Å²) in [5, 5.41) is 8.64. The SMILES string of the molecule is CCC(C)NC(=O)NCCc1csc(-c2ccccn2)n1. The summed E-state index contributed by atoms with van der Waals surface area (Å²) in [5.74, 6) is 0. The first-order chi connectivity index (χ1) is 10.2. The van der Waals surface area contributed by atoms with E-state index >= 15 is 0 Å². The van der Waals surface area contributed by atoms with E-state index in [1.54, 1.807) is 17.5 Å². The van der Waals surface area contributed by atoms with Crippen molar-refractivity contribution in [1.82, 2.24) is 20.6 Å². The molecule has 112 valence electrons. The Labute approximate surface area is 128 Å². The molecule has 0 bridgehead atoms. The van der Waals surface area contributed by atoms with Gasteiger partial charge in [0.1, 0.15) is 5.01 Å². The first-order valence-corrected chi connectivity index (χ1v) is 7.97. The van der Waals surface area contributed by atoms with Crippen molar-refractivity contribution in [3.63, 3.8) is 0 Å². The number of pyridine rings is 1. The smallest absolute Gasteiger partial charge is 0.315 e. The zero-order valence-corrected chi connectivity index (χ0v) is 13.1. The van der Waals surface area contributed by atoms with Crippen LogP contribution in [0.15, 0.2) is 29.8 Å². The van der Waals surface area contributed by atoms with Gasteiger partial charge in [-0.1, -0.05) is 13.0 Å². The number of nitrogens with one attached hydrogen (secondary N) is 2. The standard InChI is InChI=1S/C15H20N4OS/c1-3-11(2)18-15(20)17-9-7-12-10-21-14(19-12)13-6-4-5-8-16-13/h4-6,8,10-11H,3,7,9H2,1-2H3,(H2,17,18,20). The second kappa shape index (κ2) is 7.73. The van der Waals surface area contributed by atoms with Gasteiger partial charge in [-0.25, -0.2) is 9.78 Å². The van der Waals surface area contributed by atoms with Crippen LogP contribution in [-0.4, -0.2) is 28.6 Å². The van der Waals surface area contributed by atoms with E-state index in [0.717, 1.165) is 29.2 Å². The predicted molar refractivity (Wildman–Crippen MR) is 85.3 cm³/mol. The average Bonchev–Trinajstić information content (AvgIpc) is 2.97. The van der Waals surface area contributed by atoms with E-state index in [2.05, 4.69) is 20.6 Å². The molecule has 0 radical (unpaired) electrons. The predicted octanol–water partition coefficient (Wildman–Crippen LogP) is 2.85. The molecule has 0 fully saturated rings. The topological polar surface area (TPSA) is 66.9 Å². The van der Waals surface area contributed by atoms with Gasteiger partial charge < -0.3 is 10.6 Å². The number of thiazole rings is 1. The van der Waals surface area contributed by atoms with E-state index in [4.69, 9.17) is 0 Å². The van der Waals surface area contributed by atoms with Crippen molar-refractivity contribution in [2.75, 3.05) is 6.54 Å². The Morgan fingerprint density at radius 3 is 3.00 bits per heavy atom. The highest BCUT2D eigenvalue weighted by Gasteiger charge is 2.07. The van der Waals surface area contributed by atoms with E-state index in [9.17, 15) is 4.79 Å². The van der Waals surface area contributed by atoms with E-state index in [1.807, 2.05) is 37.4 Å². The van der Waals surface area contributed by atoms with E-state index < -0.39 is 0 Å². The minimum Gasteiger partial charge on any atom is -0.338 e. The maximum absolute atomic E-state index is 11.6. The number of rotatable bonds is 6. The molecule has 0 aliphatic rings. The number of amides is 2. The van der Waals surface area contributed by atoms with Gasteiger partial charge in [-0.05, 0) is 25.5 Å². The van der Waals surface area contributed by atoms with E-state index in [-0.39, 0.29) is 12.1 Å². The second-order valence-corrected chi connectivity index (χ2v) is 5.68. The van der Waals surface area contributed by atoms with Crippen LogP contribution < -0.4 is 10.6 Å². The molecule has 1 atom stereocenters. The number of urea groups is 1. The third-order valence-corrected chi connectivity index (χ3v) is 4.01. The molecule has 0 aromatic carbocycles. The molecule has 2 N–H and O–H groups in total. The van der Waals surface area contributed by atoms with Crippen molar-refractivity contribution in [2.45, 2.75) is 32.7 Å². The highest BCUT2D eigenvalue weighted by atomic mass is 32.1. The van der Waals surface area contributed by atoms with Crippen LogP contribution in [0.1, 0.15) is 26.0 Å². The molecule has 0 aliphatic heterocycles. The normalized spacial score (nSPS) is 11.9. The van der Waals surface area contributed by atoms with Gasteiger partial charge in [0.2, 0.25) is 0 Å². The summed E-state index contributed by atoms with van der Waals surface area (Å²) in [5.41, 5.74) is 1.86. The summed E-state index contributed by atoms with van der Waals surface area (Å²) >= 11 is 1.57. The summed E-state index contributed by atoms with van der Waals surface area (Å²) in [7, 11) is 0. The monoisotopic (exact) mass is 304 g/mol. The van der Waals surface area contributed by atoms with Gasteiger partial charge in [0.15, 0.2) is 0 Å². The van der Waals surface area contributed by atoms with Crippen LogP contribution in [0.3, 0.4) is 0 Å². The van der Waals surface area contributed by atoms with Crippen LogP contribution in [0.25, 0.3) is 10.7 Å². The Morgan fingerprint density at radius 1 is 1.43 bits per heavy atom. The van der Waals surface area contributed by atoms with Gasteiger partial charge in [-0.3, -0.25) is 4.98 Å². The molecule has 1 unspecified atom stereocenters. The number of hydrogen-bond donors (Lipinski definition) is 2. The third kappa shape index (κ3) is 4.82. The fraction of sp³-hybridized carbons (Fsp3) is 0.400. The number of carbonyl (C=O) groups is 1. The lowest BCUT2D eigenvalue weighted by atomic mass is 10.3. The largest absolute Gasteiger partial charge is 0.338 e.